The van der Waals surface area contributed by atoms with E-state index in [2.05, 4.69) is 10.3 Å². The molecular formula is C22H26N4O3S. The van der Waals surface area contributed by atoms with Gasteiger partial charge in [-0.15, -0.1) is 5.10 Å². The van der Waals surface area contributed by atoms with E-state index in [-0.39, 0.29) is 24.0 Å². The predicted octanol–water partition coefficient (Wildman–Crippen LogP) is 2.90. The molecule has 0 amide bonds. The number of sulfonamides is 1. The molecule has 0 aliphatic carbocycles. The molecule has 7 nitrogen and oxygen atoms in total. The summed E-state index contributed by atoms with van der Waals surface area (Å²) in [6.45, 7) is 4.37. The van der Waals surface area contributed by atoms with E-state index < -0.39 is 16.1 Å². The number of hydrogen-bond acceptors (Lipinski definition) is 5. The fourth-order valence-corrected chi connectivity index (χ4v) is 5.80. The highest BCUT2D eigenvalue weighted by Gasteiger charge is 2.38. The third-order valence-electron chi connectivity index (χ3n) is 5.38. The zero-order valence-corrected chi connectivity index (χ0v) is 18.0. The molecule has 1 aromatic heterocycles. The molecule has 0 unspecified atom stereocenters. The van der Waals surface area contributed by atoms with Crippen LogP contribution in [0, 0.1) is 5.92 Å². The minimum absolute atomic E-state index is 0.0824. The van der Waals surface area contributed by atoms with Crippen molar-refractivity contribution in [2.75, 3.05) is 6.61 Å². The van der Waals surface area contributed by atoms with Gasteiger partial charge >= 0.3 is 0 Å². The van der Waals surface area contributed by atoms with Crippen molar-refractivity contribution in [1.29, 1.82) is 0 Å². The molecule has 1 aliphatic rings. The summed E-state index contributed by atoms with van der Waals surface area (Å²) in [7, 11) is -3.81. The molecule has 3 aromatic rings. The molecule has 4 rings (SSSR count). The molecule has 158 valence electrons. The van der Waals surface area contributed by atoms with E-state index in [0.717, 1.165) is 5.56 Å². The van der Waals surface area contributed by atoms with Gasteiger partial charge in [-0.05, 0) is 24.0 Å². The molecule has 0 spiro atoms. The van der Waals surface area contributed by atoms with Gasteiger partial charge in [0.15, 0.2) is 0 Å². The van der Waals surface area contributed by atoms with Crippen LogP contribution in [0.25, 0.3) is 11.3 Å². The number of benzene rings is 2. The SMILES string of the molecule is CC(C)C[C@@H](CO)N1Cc2nnn(Cc3ccccc3)c2-c2ccccc2S1(=O)=O. The molecule has 0 bridgehead atoms. The first kappa shape index (κ1) is 20.7. The van der Waals surface area contributed by atoms with Gasteiger partial charge in [0.2, 0.25) is 10.0 Å². The highest BCUT2D eigenvalue weighted by molar-refractivity contribution is 7.89. The summed E-state index contributed by atoms with van der Waals surface area (Å²) in [5.74, 6) is 0.240. The second kappa shape index (κ2) is 8.29. The minimum atomic E-state index is -3.81. The van der Waals surface area contributed by atoms with Crippen molar-refractivity contribution >= 4 is 10.0 Å². The van der Waals surface area contributed by atoms with E-state index in [1.54, 1.807) is 22.9 Å². The number of aliphatic hydroxyl groups is 1. The van der Waals surface area contributed by atoms with Gasteiger partial charge in [0, 0.05) is 11.6 Å². The molecule has 0 saturated heterocycles. The maximum atomic E-state index is 13.6. The molecule has 8 heteroatoms. The van der Waals surface area contributed by atoms with Crippen LogP contribution in [0.2, 0.25) is 0 Å². The summed E-state index contributed by atoms with van der Waals surface area (Å²) in [4.78, 5) is 0.225. The summed E-state index contributed by atoms with van der Waals surface area (Å²) in [5.41, 5.74) is 2.96. The van der Waals surface area contributed by atoms with Gasteiger partial charge in [-0.25, -0.2) is 13.1 Å². The average Bonchev–Trinajstić information content (AvgIpc) is 3.08. The second-order valence-electron chi connectivity index (χ2n) is 8.04. The Labute approximate surface area is 177 Å². The van der Waals surface area contributed by atoms with Crippen molar-refractivity contribution in [2.24, 2.45) is 5.92 Å². The number of hydrogen-bond donors (Lipinski definition) is 1. The molecule has 2 aromatic carbocycles. The molecule has 0 radical (unpaired) electrons. The molecule has 1 aliphatic heterocycles. The summed E-state index contributed by atoms with van der Waals surface area (Å²) in [5, 5.41) is 18.7. The Hall–Kier alpha value is -2.55. The lowest BCUT2D eigenvalue weighted by Crippen LogP contribution is -2.42. The van der Waals surface area contributed by atoms with Crippen molar-refractivity contribution in [2.45, 2.75) is 44.3 Å². The van der Waals surface area contributed by atoms with Crippen LogP contribution in [-0.4, -0.2) is 45.5 Å². The minimum Gasteiger partial charge on any atom is -0.395 e. The summed E-state index contributed by atoms with van der Waals surface area (Å²) in [6.07, 6.45) is 0.561. The summed E-state index contributed by atoms with van der Waals surface area (Å²) in [6, 6.07) is 16.3. The van der Waals surface area contributed by atoms with Crippen molar-refractivity contribution in [3.8, 4) is 11.3 Å². The highest BCUT2D eigenvalue weighted by atomic mass is 32.2. The van der Waals surface area contributed by atoms with Crippen LogP contribution in [-0.2, 0) is 23.1 Å². The Bertz CT molecular complexity index is 1130. The number of nitrogens with zero attached hydrogens (tertiary/aromatic N) is 4. The molecule has 1 atom stereocenters. The predicted molar refractivity (Wildman–Crippen MR) is 114 cm³/mol. The van der Waals surface area contributed by atoms with Gasteiger partial charge in [0.1, 0.15) is 5.69 Å². The van der Waals surface area contributed by atoms with Gasteiger partial charge in [0.05, 0.1) is 30.3 Å². The standard InChI is InChI=1S/C22H26N4O3S/c1-16(2)12-18(15-27)26-14-20-22(19-10-6-7-11-21(19)30(26,28)29)25(24-23-20)13-17-8-4-3-5-9-17/h3-11,16,18,27H,12-15H2,1-2H3/t18-/m0/s1. The lowest BCUT2D eigenvalue weighted by atomic mass is 10.0. The topological polar surface area (TPSA) is 88.3 Å². The first-order valence-electron chi connectivity index (χ1n) is 10.1. The summed E-state index contributed by atoms with van der Waals surface area (Å²) < 4.78 is 30.4. The number of aromatic nitrogens is 3. The second-order valence-corrected chi connectivity index (χ2v) is 9.90. The van der Waals surface area contributed by atoms with Gasteiger partial charge in [-0.2, -0.15) is 4.31 Å². The van der Waals surface area contributed by atoms with Gasteiger partial charge in [-0.1, -0.05) is 67.6 Å². The number of aliphatic hydroxyl groups excluding tert-OH is 1. The lowest BCUT2D eigenvalue weighted by molar-refractivity contribution is 0.163. The molecule has 2 heterocycles. The van der Waals surface area contributed by atoms with Gasteiger partial charge in [0.25, 0.3) is 0 Å². The van der Waals surface area contributed by atoms with Crippen LogP contribution in [0.1, 0.15) is 31.5 Å². The van der Waals surface area contributed by atoms with Crippen LogP contribution in [0.15, 0.2) is 59.5 Å². The maximum Gasteiger partial charge on any atom is 0.244 e. The van der Waals surface area contributed by atoms with Crippen LogP contribution in [0.3, 0.4) is 0 Å². The van der Waals surface area contributed by atoms with E-state index in [1.165, 1.54) is 4.31 Å². The number of rotatable bonds is 6. The third-order valence-corrected chi connectivity index (χ3v) is 7.33. The van der Waals surface area contributed by atoms with Crippen LogP contribution < -0.4 is 0 Å². The highest BCUT2D eigenvalue weighted by Crippen LogP contribution is 2.37. The fraction of sp³-hybridized carbons (Fsp3) is 0.364. The zero-order chi connectivity index (χ0) is 21.3. The van der Waals surface area contributed by atoms with Crippen LogP contribution in [0.5, 0.6) is 0 Å². The Balaban J connectivity index is 1.86. The first-order chi connectivity index (χ1) is 14.4. The average molecular weight is 427 g/mol. The fourth-order valence-electron chi connectivity index (χ4n) is 4.02. The maximum absolute atomic E-state index is 13.6. The van der Waals surface area contributed by atoms with Crippen molar-refractivity contribution in [3.05, 3.63) is 65.9 Å². The van der Waals surface area contributed by atoms with Crippen molar-refractivity contribution in [3.63, 3.8) is 0 Å². The Kier molecular flexibility index (Phi) is 5.73. The van der Waals surface area contributed by atoms with E-state index in [0.29, 0.717) is 29.9 Å². The lowest BCUT2D eigenvalue weighted by Gasteiger charge is -2.29. The van der Waals surface area contributed by atoms with E-state index in [1.807, 2.05) is 50.2 Å². The smallest absolute Gasteiger partial charge is 0.244 e. The van der Waals surface area contributed by atoms with E-state index >= 15 is 0 Å². The Morgan fingerprint density at radius 2 is 1.77 bits per heavy atom. The quantitative estimate of drug-likeness (QED) is 0.655. The molecule has 0 fully saturated rings. The first-order valence-corrected chi connectivity index (χ1v) is 11.5. The van der Waals surface area contributed by atoms with Gasteiger partial charge in [-0.3, -0.25) is 0 Å². The Morgan fingerprint density at radius 1 is 1.07 bits per heavy atom. The van der Waals surface area contributed by atoms with Gasteiger partial charge < -0.3 is 5.11 Å². The van der Waals surface area contributed by atoms with Crippen LogP contribution in [0.4, 0.5) is 0 Å². The third kappa shape index (κ3) is 3.78. The number of fused-ring (bicyclic) bond motifs is 3. The zero-order valence-electron chi connectivity index (χ0n) is 17.1. The molecule has 30 heavy (non-hydrogen) atoms. The molecule has 0 saturated carbocycles. The molecule has 1 N–H and O–H groups in total. The monoisotopic (exact) mass is 426 g/mol. The van der Waals surface area contributed by atoms with E-state index in [4.69, 9.17) is 0 Å². The van der Waals surface area contributed by atoms with E-state index in [9.17, 15) is 13.5 Å². The van der Waals surface area contributed by atoms with Crippen molar-refractivity contribution < 1.29 is 13.5 Å². The Morgan fingerprint density at radius 3 is 2.47 bits per heavy atom. The molecular weight excluding hydrogens is 400 g/mol. The van der Waals surface area contributed by atoms with Crippen LogP contribution >= 0.6 is 0 Å². The largest absolute Gasteiger partial charge is 0.395 e. The summed E-state index contributed by atoms with van der Waals surface area (Å²) >= 11 is 0. The normalized spacial score (nSPS) is 16.7. The van der Waals surface area contributed by atoms with Crippen molar-refractivity contribution in [1.82, 2.24) is 19.3 Å².